The van der Waals surface area contributed by atoms with Crippen LogP contribution >= 0.6 is 0 Å². The van der Waals surface area contributed by atoms with Crippen LogP contribution in [-0.2, 0) is 65.4 Å². The average molecular weight is 827 g/mol. The third-order valence-electron chi connectivity index (χ3n) is 8.72. The van der Waals surface area contributed by atoms with Crippen molar-refractivity contribution in [3.8, 4) is 56.4 Å². The Morgan fingerprint density at radius 1 is 0.346 bits per heavy atom. The first-order valence-electron chi connectivity index (χ1n) is 16.5. The van der Waals surface area contributed by atoms with Crippen molar-refractivity contribution in [3.63, 3.8) is 0 Å². The summed E-state index contributed by atoms with van der Waals surface area (Å²) in [6.07, 6.45) is 0. The van der Waals surface area contributed by atoms with Gasteiger partial charge in [0.25, 0.3) is 0 Å². The maximum atomic E-state index is 6.43. The van der Waals surface area contributed by atoms with Gasteiger partial charge in [-0.3, -0.25) is 0 Å². The molecule has 0 aliphatic rings. The molecule has 248 valence electrons. The maximum Gasteiger partial charge on any atom is 0.230 e. The van der Waals surface area contributed by atoms with E-state index in [9.17, 15) is 0 Å². The smallest absolute Gasteiger partial charge is 0.230 e. The van der Waals surface area contributed by atoms with E-state index in [1.54, 1.807) is 0 Å². The summed E-state index contributed by atoms with van der Waals surface area (Å²) in [5.41, 5.74) is 6.34. The Hall–Kier alpha value is -4.31. The fourth-order valence-electron chi connectivity index (χ4n) is 6.23. The summed E-state index contributed by atoms with van der Waals surface area (Å²) in [5, 5.41) is 4.28. The number of benzene rings is 8. The van der Waals surface area contributed by atoms with Crippen LogP contribution in [0.5, 0.6) is 23.0 Å². The molecule has 0 bridgehead atoms. The molecule has 0 aliphatic heterocycles. The molecular formula is C46H32O4Y2-2. The second-order valence-corrected chi connectivity index (χ2v) is 11.8. The van der Waals surface area contributed by atoms with Crippen LogP contribution in [0.3, 0.4) is 0 Å². The quantitative estimate of drug-likeness (QED) is 0.0962. The molecule has 0 fully saturated rings. The van der Waals surface area contributed by atoms with Crippen LogP contribution < -0.4 is 18.9 Å². The molecule has 0 amide bonds. The SMILES string of the molecule is [Y].[Y].[c-]1ccc(-c2ccc(OCOc3ccc4ccccc4c3-c3c(OCOc4ccc(-c5cc[c-]cc5)cc4)ccc4ccccc34)cc2)cc1. The van der Waals surface area contributed by atoms with Gasteiger partial charge in [0.2, 0.25) is 13.6 Å². The number of hydrogen-bond acceptors (Lipinski definition) is 4. The molecule has 0 atom stereocenters. The predicted molar refractivity (Wildman–Crippen MR) is 201 cm³/mol. The van der Waals surface area contributed by atoms with Crippen molar-refractivity contribution in [1.29, 1.82) is 0 Å². The Balaban J connectivity index is 0.00000232. The molecule has 0 aliphatic carbocycles. The van der Waals surface area contributed by atoms with Crippen LogP contribution in [0, 0.1) is 12.1 Å². The first kappa shape index (κ1) is 37.4. The van der Waals surface area contributed by atoms with Gasteiger partial charge in [0.1, 0.15) is 23.0 Å². The normalized spacial score (nSPS) is 10.5. The van der Waals surface area contributed by atoms with Gasteiger partial charge >= 0.3 is 0 Å². The molecule has 0 N–H and O–H groups in total. The molecule has 2 radical (unpaired) electrons. The molecule has 0 unspecified atom stereocenters. The minimum Gasteiger partial charge on any atom is -0.458 e. The van der Waals surface area contributed by atoms with Crippen LogP contribution in [0.1, 0.15) is 0 Å². The van der Waals surface area contributed by atoms with E-state index in [2.05, 4.69) is 48.5 Å². The monoisotopic (exact) mass is 826 g/mol. The van der Waals surface area contributed by atoms with Crippen molar-refractivity contribution in [3.05, 3.63) is 182 Å². The molecule has 0 aromatic heterocycles. The van der Waals surface area contributed by atoms with Crippen molar-refractivity contribution in [2.24, 2.45) is 0 Å². The molecule has 0 heterocycles. The standard InChI is InChI=1S/C46H32O4.2Y/c1-3-11-33(12-4-1)35-19-25-39(26-20-35)47-31-49-43-29-23-37-15-7-9-17-41(37)45(43)46-42-18-10-8-16-38(42)24-30-44(46)50-32-48-40-27-21-36(22-28-40)34-13-5-2-6-14-34;;/h3-30H,31-32H2;;/q-2;;. The molecule has 8 rings (SSSR count). The van der Waals surface area contributed by atoms with Gasteiger partial charge in [-0.05, 0) is 69.1 Å². The Kier molecular flexibility index (Phi) is 12.9. The Morgan fingerprint density at radius 3 is 1.12 bits per heavy atom. The Labute approximate surface area is 354 Å². The van der Waals surface area contributed by atoms with Gasteiger partial charge in [0.05, 0.1) is 0 Å². The fraction of sp³-hybridized carbons (Fsp3) is 0.0435. The molecule has 0 saturated heterocycles. The minimum atomic E-state index is 0. The van der Waals surface area contributed by atoms with Gasteiger partial charge in [-0.1, -0.05) is 84.9 Å². The van der Waals surface area contributed by atoms with Crippen LogP contribution in [-0.4, -0.2) is 13.6 Å². The first-order chi connectivity index (χ1) is 24.8. The van der Waals surface area contributed by atoms with Crippen LogP contribution in [0.4, 0.5) is 0 Å². The second-order valence-electron chi connectivity index (χ2n) is 11.8. The zero-order valence-corrected chi connectivity index (χ0v) is 34.0. The van der Waals surface area contributed by atoms with Crippen molar-refractivity contribution < 1.29 is 84.4 Å². The molecule has 0 saturated carbocycles. The number of rotatable bonds is 11. The van der Waals surface area contributed by atoms with E-state index in [1.807, 2.05) is 133 Å². The van der Waals surface area contributed by atoms with Crippen LogP contribution in [0.2, 0.25) is 0 Å². The zero-order chi connectivity index (χ0) is 33.5. The van der Waals surface area contributed by atoms with Crippen molar-refractivity contribution in [2.45, 2.75) is 0 Å². The first-order valence-corrected chi connectivity index (χ1v) is 16.5. The molecule has 6 heteroatoms. The van der Waals surface area contributed by atoms with Gasteiger partial charge in [0, 0.05) is 76.5 Å². The summed E-state index contributed by atoms with van der Waals surface area (Å²) in [6, 6.07) is 62.8. The summed E-state index contributed by atoms with van der Waals surface area (Å²) in [6.45, 7) is 0.0680. The van der Waals surface area contributed by atoms with E-state index in [0.717, 1.165) is 66.4 Å². The molecule has 8 aromatic carbocycles. The topological polar surface area (TPSA) is 36.9 Å². The summed E-state index contributed by atoms with van der Waals surface area (Å²) >= 11 is 0. The largest absolute Gasteiger partial charge is 0.458 e. The molecular weight excluding hydrogens is 794 g/mol. The summed E-state index contributed by atoms with van der Waals surface area (Å²) in [4.78, 5) is 0. The van der Waals surface area contributed by atoms with Crippen molar-refractivity contribution in [2.75, 3.05) is 13.6 Å². The van der Waals surface area contributed by atoms with E-state index >= 15 is 0 Å². The summed E-state index contributed by atoms with van der Waals surface area (Å²) < 4.78 is 25.0. The second kappa shape index (κ2) is 17.9. The van der Waals surface area contributed by atoms with Gasteiger partial charge in [0.15, 0.2) is 0 Å². The summed E-state index contributed by atoms with van der Waals surface area (Å²) in [5.74, 6) is 2.83. The number of fused-ring (bicyclic) bond motifs is 2. The van der Waals surface area contributed by atoms with Gasteiger partial charge in [-0.25, -0.2) is 0 Å². The third-order valence-corrected chi connectivity index (χ3v) is 8.72. The van der Waals surface area contributed by atoms with E-state index < -0.39 is 0 Å². The van der Waals surface area contributed by atoms with E-state index in [4.69, 9.17) is 18.9 Å². The number of hydrogen-bond donors (Lipinski definition) is 0. The molecule has 0 spiro atoms. The van der Waals surface area contributed by atoms with Gasteiger partial charge in [-0.2, -0.15) is 60.7 Å². The van der Waals surface area contributed by atoms with E-state index in [-0.39, 0.29) is 79.0 Å². The average Bonchev–Trinajstić information content (AvgIpc) is 3.19. The predicted octanol–water partition coefficient (Wildman–Crippen LogP) is 11.4. The maximum absolute atomic E-state index is 6.43. The van der Waals surface area contributed by atoms with E-state index in [1.165, 1.54) is 0 Å². The molecule has 52 heavy (non-hydrogen) atoms. The Bertz CT molecular complexity index is 2190. The number of ether oxygens (including phenoxy) is 4. The fourth-order valence-corrected chi connectivity index (χ4v) is 6.23. The van der Waals surface area contributed by atoms with Crippen molar-refractivity contribution in [1.82, 2.24) is 0 Å². The van der Waals surface area contributed by atoms with E-state index in [0.29, 0.717) is 11.5 Å². The van der Waals surface area contributed by atoms with Gasteiger partial charge < -0.3 is 18.9 Å². The summed E-state index contributed by atoms with van der Waals surface area (Å²) in [7, 11) is 0. The Morgan fingerprint density at radius 2 is 0.712 bits per heavy atom. The molecule has 4 nitrogen and oxygen atoms in total. The third kappa shape index (κ3) is 8.49. The minimum absolute atomic E-state index is 0. The van der Waals surface area contributed by atoms with Crippen LogP contribution in [0.25, 0.3) is 54.9 Å². The molecule has 8 aromatic rings. The van der Waals surface area contributed by atoms with Gasteiger partial charge in [-0.15, -0.1) is 11.1 Å². The van der Waals surface area contributed by atoms with Crippen molar-refractivity contribution >= 4 is 21.5 Å². The van der Waals surface area contributed by atoms with Crippen LogP contribution in [0.15, 0.2) is 170 Å². The zero-order valence-electron chi connectivity index (χ0n) is 28.4.